The van der Waals surface area contributed by atoms with E-state index in [-0.39, 0.29) is 0 Å². The van der Waals surface area contributed by atoms with Gasteiger partial charge in [-0.3, -0.25) is 0 Å². The highest BCUT2D eigenvalue weighted by molar-refractivity contribution is 7.07. The Hall–Kier alpha value is -0.340. The second kappa shape index (κ2) is 2.84. The number of nitrogens with one attached hydrogen (secondary N) is 1. The van der Waals surface area contributed by atoms with Gasteiger partial charge in [-0.2, -0.15) is 11.3 Å². The first kappa shape index (κ1) is 5.79. The number of rotatable bonds is 2. The van der Waals surface area contributed by atoms with Crippen molar-refractivity contribution in [2.75, 3.05) is 0 Å². The van der Waals surface area contributed by atoms with Gasteiger partial charge in [0.25, 0.3) is 0 Å². The normalized spacial score (nSPS) is 9.62. The first-order chi connectivity index (χ1) is 3.93. The average Bonchev–Trinajstić information content (AvgIpc) is 2.19. The van der Waals surface area contributed by atoms with Crippen LogP contribution in [-0.4, -0.2) is 0 Å². The topological polar surface area (TPSA) is 12.0 Å². The van der Waals surface area contributed by atoms with Crippen molar-refractivity contribution in [1.29, 1.82) is 0 Å². The van der Waals surface area contributed by atoms with Gasteiger partial charge in [-0.25, -0.2) is 0 Å². The summed E-state index contributed by atoms with van der Waals surface area (Å²) in [4.78, 5) is 0. The average molecular weight is 126 g/mol. The Bertz CT molecular complexity index is 134. The van der Waals surface area contributed by atoms with Crippen molar-refractivity contribution in [3.8, 4) is 0 Å². The smallest absolute Gasteiger partial charge is 0.0214 e. The first-order valence-corrected chi connectivity index (χ1v) is 3.39. The van der Waals surface area contributed by atoms with Gasteiger partial charge in [-0.05, 0) is 22.4 Å². The molecule has 0 aliphatic carbocycles. The standard InChI is InChI=1S/C6H8NS/c1-7-4-6-2-3-8-5-6/h2-3,5,7H,1,4H2. The van der Waals surface area contributed by atoms with Gasteiger partial charge < -0.3 is 5.32 Å². The van der Waals surface area contributed by atoms with Gasteiger partial charge >= 0.3 is 0 Å². The Morgan fingerprint density at radius 1 is 1.75 bits per heavy atom. The van der Waals surface area contributed by atoms with Gasteiger partial charge in [0.05, 0.1) is 0 Å². The minimum Gasteiger partial charge on any atom is -0.311 e. The molecule has 43 valence electrons. The third-order valence-electron chi connectivity index (χ3n) is 0.909. The Balaban J connectivity index is 2.50. The van der Waals surface area contributed by atoms with Crippen LogP contribution in [0.5, 0.6) is 0 Å². The van der Waals surface area contributed by atoms with Crippen LogP contribution in [0.25, 0.3) is 0 Å². The molecule has 1 rings (SSSR count). The molecule has 1 N–H and O–H groups in total. The molecule has 0 aromatic carbocycles. The lowest BCUT2D eigenvalue weighted by atomic mass is 10.3. The molecule has 1 radical (unpaired) electrons. The molecule has 1 aromatic heterocycles. The zero-order chi connectivity index (χ0) is 5.82. The lowest BCUT2D eigenvalue weighted by Crippen LogP contribution is -1.99. The Morgan fingerprint density at radius 2 is 2.62 bits per heavy atom. The third kappa shape index (κ3) is 1.32. The van der Waals surface area contributed by atoms with E-state index in [1.807, 2.05) is 0 Å². The van der Waals surface area contributed by atoms with Crippen molar-refractivity contribution in [3.05, 3.63) is 29.4 Å². The lowest BCUT2D eigenvalue weighted by molar-refractivity contribution is 0.870. The van der Waals surface area contributed by atoms with Gasteiger partial charge in [0.2, 0.25) is 0 Å². The van der Waals surface area contributed by atoms with Gasteiger partial charge in [-0.1, -0.05) is 0 Å². The molecule has 1 heterocycles. The summed E-state index contributed by atoms with van der Waals surface area (Å²) in [5, 5.41) is 7.00. The van der Waals surface area contributed by atoms with E-state index in [9.17, 15) is 0 Å². The summed E-state index contributed by atoms with van der Waals surface area (Å²) in [6.45, 7) is 0.878. The van der Waals surface area contributed by atoms with E-state index >= 15 is 0 Å². The van der Waals surface area contributed by atoms with E-state index in [4.69, 9.17) is 0 Å². The molecule has 1 nitrogen and oxygen atoms in total. The third-order valence-corrected chi connectivity index (χ3v) is 1.64. The molecule has 0 aliphatic heterocycles. The summed E-state index contributed by atoms with van der Waals surface area (Å²) >= 11 is 1.71. The highest BCUT2D eigenvalue weighted by Gasteiger charge is 1.85. The van der Waals surface area contributed by atoms with Crippen LogP contribution in [0.15, 0.2) is 16.8 Å². The second-order valence-electron chi connectivity index (χ2n) is 1.56. The molecule has 0 unspecified atom stereocenters. The summed E-state index contributed by atoms with van der Waals surface area (Å²) in [7, 11) is 3.52. The van der Waals surface area contributed by atoms with Crippen molar-refractivity contribution in [3.63, 3.8) is 0 Å². The summed E-state index contributed by atoms with van der Waals surface area (Å²) in [5.74, 6) is 0. The van der Waals surface area contributed by atoms with E-state index in [0.717, 1.165) is 6.54 Å². The van der Waals surface area contributed by atoms with Crippen LogP contribution in [0.2, 0.25) is 0 Å². The monoisotopic (exact) mass is 126 g/mol. The van der Waals surface area contributed by atoms with Gasteiger partial charge in [-0.15, -0.1) is 0 Å². The maximum Gasteiger partial charge on any atom is 0.0214 e. The van der Waals surface area contributed by atoms with Crippen molar-refractivity contribution in [1.82, 2.24) is 5.32 Å². The van der Waals surface area contributed by atoms with Crippen LogP contribution in [0.4, 0.5) is 0 Å². The lowest BCUT2D eigenvalue weighted by Gasteiger charge is -1.89. The summed E-state index contributed by atoms with van der Waals surface area (Å²) in [6.07, 6.45) is 0. The van der Waals surface area contributed by atoms with Crippen LogP contribution < -0.4 is 5.32 Å². The molecule has 0 bridgehead atoms. The van der Waals surface area contributed by atoms with Crippen LogP contribution in [0, 0.1) is 7.05 Å². The molecule has 0 amide bonds. The molecule has 0 saturated heterocycles. The SMILES string of the molecule is [CH2]NCc1ccsc1. The summed E-state index contributed by atoms with van der Waals surface area (Å²) < 4.78 is 0. The highest BCUT2D eigenvalue weighted by Crippen LogP contribution is 2.04. The maximum absolute atomic E-state index is 3.52. The predicted molar refractivity (Wildman–Crippen MR) is 36.5 cm³/mol. The van der Waals surface area contributed by atoms with Crippen LogP contribution >= 0.6 is 11.3 Å². The zero-order valence-electron chi connectivity index (χ0n) is 4.55. The quantitative estimate of drug-likeness (QED) is 0.635. The molecular formula is C6H8NS. The second-order valence-corrected chi connectivity index (χ2v) is 2.34. The zero-order valence-corrected chi connectivity index (χ0v) is 5.37. The fourth-order valence-corrected chi connectivity index (χ4v) is 1.21. The Kier molecular flexibility index (Phi) is 2.06. The van der Waals surface area contributed by atoms with Crippen LogP contribution in [0.3, 0.4) is 0 Å². The van der Waals surface area contributed by atoms with Crippen molar-refractivity contribution >= 4 is 11.3 Å². The van der Waals surface area contributed by atoms with Gasteiger partial charge in [0, 0.05) is 13.6 Å². The van der Waals surface area contributed by atoms with E-state index < -0.39 is 0 Å². The number of hydrogen-bond donors (Lipinski definition) is 1. The maximum atomic E-state index is 3.52. The molecule has 8 heavy (non-hydrogen) atoms. The fourth-order valence-electron chi connectivity index (χ4n) is 0.538. The molecule has 0 aliphatic rings. The molecule has 0 fully saturated rings. The van der Waals surface area contributed by atoms with E-state index in [1.165, 1.54) is 5.56 Å². The fraction of sp³-hybridized carbons (Fsp3) is 0.167. The Morgan fingerprint density at radius 3 is 3.12 bits per heavy atom. The van der Waals surface area contributed by atoms with E-state index in [1.54, 1.807) is 11.3 Å². The summed E-state index contributed by atoms with van der Waals surface area (Å²) in [6, 6.07) is 2.09. The molecular weight excluding hydrogens is 118 g/mol. The van der Waals surface area contributed by atoms with E-state index in [2.05, 4.69) is 29.2 Å². The Labute approximate surface area is 53.4 Å². The van der Waals surface area contributed by atoms with E-state index in [0.29, 0.717) is 0 Å². The van der Waals surface area contributed by atoms with Crippen molar-refractivity contribution in [2.45, 2.75) is 6.54 Å². The molecule has 2 heteroatoms. The van der Waals surface area contributed by atoms with Gasteiger partial charge in [0.1, 0.15) is 0 Å². The van der Waals surface area contributed by atoms with Crippen molar-refractivity contribution < 1.29 is 0 Å². The highest BCUT2D eigenvalue weighted by atomic mass is 32.1. The van der Waals surface area contributed by atoms with Crippen LogP contribution in [0.1, 0.15) is 5.56 Å². The largest absolute Gasteiger partial charge is 0.311 e. The minimum atomic E-state index is 0.878. The predicted octanol–water partition coefficient (Wildman–Crippen LogP) is 1.63. The van der Waals surface area contributed by atoms with Crippen molar-refractivity contribution in [2.24, 2.45) is 0 Å². The minimum absolute atomic E-state index is 0.878. The molecule has 0 saturated carbocycles. The summed E-state index contributed by atoms with van der Waals surface area (Å²) in [5.41, 5.74) is 1.31. The molecule has 0 atom stereocenters. The number of thiophene rings is 1. The molecule has 1 aromatic rings. The van der Waals surface area contributed by atoms with Crippen LogP contribution in [-0.2, 0) is 6.54 Å². The first-order valence-electron chi connectivity index (χ1n) is 2.44. The number of hydrogen-bond acceptors (Lipinski definition) is 2. The van der Waals surface area contributed by atoms with Gasteiger partial charge in [0.15, 0.2) is 0 Å². The molecule has 0 spiro atoms.